The first kappa shape index (κ1) is 29.5. The number of benzene rings is 2. The lowest BCUT2D eigenvalue weighted by atomic mass is 10.1. The molecular formula is C26H36ClN3O5S. The fourth-order valence-corrected chi connectivity index (χ4v) is 4.92. The minimum Gasteiger partial charge on any atom is -0.497 e. The molecule has 0 aromatic heterocycles. The number of carbonyl (C=O) groups excluding carboxylic acids is 2. The van der Waals surface area contributed by atoms with Crippen molar-refractivity contribution < 1.29 is 22.7 Å². The molecule has 10 heteroatoms. The Morgan fingerprint density at radius 3 is 2.39 bits per heavy atom. The molecule has 1 unspecified atom stereocenters. The van der Waals surface area contributed by atoms with Crippen LogP contribution in [0.1, 0.15) is 44.2 Å². The lowest BCUT2D eigenvalue weighted by molar-refractivity contribution is -0.140. The van der Waals surface area contributed by atoms with Crippen LogP contribution in [0.4, 0.5) is 5.69 Å². The van der Waals surface area contributed by atoms with E-state index in [9.17, 15) is 18.0 Å². The predicted octanol–water partition coefficient (Wildman–Crippen LogP) is 4.15. The van der Waals surface area contributed by atoms with Crippen LogP contribution in [0.25, 0.3) is 0 Å². The number of sulfonamides is 1. The Hall–Kier alpha value is -2.78. The van der Waals surface area contributed by atoms with E-state index in [0.717, 1.165) is 23.8 Å². The normalized spacial score (nSPS) is 12.1. The van der Waals surface area contributed by atoms with Gasteiger partial charge in [-0.2, -0.15) is 0 Å². The highest BCUT2D eigenvalue weighted by atomic mass is 35.5. The number of amides is 2. The molecule has 0 radical (unpaired) electrons. The van der Waals surface area contributed by atoms with Gasteiger partial charge in [0, 0.05) is 31.1 Å². The van der Waals surface area contributed by atoms with Crippen LogP contribution in [0.2, 0.25) is 5.02 Å². The molecule has 8 nitrogen and oxygen atoms in total. The van der Waals surface area contributed by atoms with Gasteiger partial charge in [-0.05, 0) is 62.1 Å². The average Bonchev–Trinajstić information content (AvgIpc) is 2.84. The smallest absolute Gasteiger partial charge is 0.242 e. The van der Waals surface area contributed by atoms with Crippen molar-refractivity contribution in [2.24, 2.45) is 0 Å². The minimum absolute atomic E-state index is 0.0766. The summed E-state index contributed by atoms with van der Waals surface area (Å²) >= 11 is 6.11. The minimum atomic E-state index is -3.60. The average molecular weight is 538 g/mol. The maximum Gasteiger partial charge on any atom is 0.242 e. The van der Waals surface area contributed by atoms with Crippen LogP contribution in [0.3, 0.4) is 0 Å². The molecule has 1 atom stereocenters. The summed E-state index contributed by atoms with van der Waals surface area (Å²) in [6.45, 7) is 6.34. The number of methoxy groups -OCH3 is 1. The van der Waals surface area contributed by atoms with Crippen molar-refractivity contribution in [2.45, 2.75) is 52.6 Å². The molecule has 0 fully saturated rings. The SMILES string of the molecule is CCCNC(=O)C(C)N(Cc1ccc(OC)cc1)C(=O)CCCN(c1cc(Cl)ccc1C)S(C)(=O)=O. The Kier molecular flexibility index (Phi) is 11.0. The fourth-order valence-electron chi connectivity index (χ4n) is 3.74. The van der Waals surface area contributed by atoms with E-state index in [-0.39, 0.29) is 37.7 Å². The van der Waals surface area contributed by atoms with E-state index in [1.807, 2.05) is 26.0 Å². The number of anilines is 1. The van der Waals surface area contributed by atoms with Crippen molar-refractivity contribution >= 4 is 39.1 Å². The first-order chi connectivity index (χ1) is 17.0. The Morgan fingerprint density at radius 1 is 1.14 bits per heavy atom. The lowest BCUT2D eigenvalue weighted by Gasteiger charge is -2.29. The van der Waals surface area contributed by atoms with Gasteiger partial charge in [0.1, 0.15) is 11.8 Å². The summed E-state index contributed by atoms with van der Waals surface area (Å²) in [5.74, 6) is 0.231. The molecule has 0 aliphatic heterocycles. The number of rotatable bonds is 13. The molecule has 0 saturated carbocycles. The fraction of sp³-hybridized carbons (Fsp3) is 0.462. The zero-order chi connectivity index (χ0) is 26.9. The summed E-state index contributed by atoms with van der Waals surface area (Å²) in [6.07, 6.45) is 2.27. The van der Waals surface area contributed by atoms with Gasteiger partial charge >= 0.3 is 0 Å². The summed E-state index contributed by atoms with van der Waals surface area (Å²) in [5, 5.41) is 3.27. The van der Waals surface area contributed by atoms with Crippen LogP contribution in [0.5, 0.6) is 5.75 Å². The van der Waals surface area contributed by atoms with E-state index < -0.39 is 16.1 Å². The van der Waals surface area contributed by atoms with Gasteiger partial charge in [0.15, 0.2) is 0 Å². The lowest BCUT2D eigenvalue weighted by Crippen LogP contribution is -2.47. The first-order valence-electron chi connectivity index (χ1n) is 11.9. The van der Waals surface area contributed by atoms with Crippen molar-refractivity contribution in [2.75, 3.05) is 30.8 Å². The molecule has 0 spiro atoms. The van der Waals surface area contributed by atoms with Crippen molar-refractivity contribution in [1.82, 2.24) is 10.2 Å². The highest BCUT2D eigenvalue weighted by Crippen LogP contribution is 2.27. The van der Waals surface area contributed by atoms with Crippen molar-refractivity contribution in [1.29, 1.82) is 0 Å². The molecule has 198 valence electrons. The highest BCUT2D eigenvalue weighted by Gasteiger charge is 2.26. The zero-order valence-electron chi connectivity index (χ0n) is 21.6. The Labute approximate surface area is 219 Å². The molecule has 2 aromatic carbocycles. The van der Waals surface area contributed by atoms with Gasteiger partial charge in [-0.1, -0.05) is 36.7 Å². The van der Waals surface area contributed by atoms with Crippen molar-refractivity contribution in [3.05, 3.63) is 58.6 Å². The van der Waals surface area contributed by atoms with Crippen LogP contribution in [-0.2, 0) is 26.2 Å². The molecule has 2 rings (SSSR count). The summed E-state index contributed by atoms with van der Waals surface area (Å²) in [5.41, 5.74) is 2.10. The summed E-state index contributed by atoms with van der Waals surface area (Å²) < 4.78 is 31.5. The third-order valence-electron chi connectivity index (χ3n) is 5.82. The monoisotopic (exact) mass is 537 g/mol. The maximum atomic E-state index is 13.3. The van der Waals surface area contributed by atoms with Gasteiger partial charge in [-0.25, -0.2) is 8.42 Å². The second kappa shape index (κ2) is 13.5. The van der Waals surface area contributed by atoms with E-state index >= 15 is 0 Å². The zero-order valence-corrected chi connectivity index (χ0v) is 23.2. The van der Waals surface area contributed by atoms with Crippen LogP contribution >= 0.6 is 11.6 Å². The number of hydrogen-bond donors (Lipinski definition) is 1. The number of nitrogens with one attached hydrogen (secondary N) is 1. The molecule has 0 heterocycles. The molecule has 0 aliphatic rings. The Balaban J connectivity index is 2.19. The van der Waals surface area contributed by atoms with Gasteiger partial charge in [-0.15, -0.1) is 0 Å². The van der Waals surface area contributed by atoms with Crippen molar-refractivity contribution in [3.63, 3.8) is 0 Å². The standard InChI is InChI=1S/C26H36ClN3O5S/c1-6-15-28-26(32)20(3)29(18-21-10-13-23(35-4)14-11-21)25(31)8-7-16-30(36(5,33)34)24-17-22(27)12-9-19(24)2/h9-14,17,20H,6-8,15-16,18H2,1-5H3,(H,28,32). The Morgan fingerprint density at radius 2 is 1.81 bits per heavy atom. The van der Waals surface area contributed by atoms with Crippen molar-refractivity contribution in [3.8, 4) is 5.75 Å². The summed E-state index contributed by atoms with van der Waals surface area (Å²) in [6, 6.07) is 11.7. The molecule has 36 heavy (non-hydrogen) atoms. The number of aryl methyl sites for hydroxylation is 1. The molecule has 1 N–H and O–H groups in total. The number of nitrogens with zero attached hydrogens (tertiary/aromatic N) is 2. The third kappa shape index (κ3) is 8.41. The van der Waals surface area contributed by atoms with Crippen LogP contribution < -0.4 is 14.4 Å². The van der Waals surface area contributed by atoms with E-state index in [1.165, 1.54) is 9.21 Å². The van der Waals surface area contributed by atoms with E-state index in [0.29, 0.717) is 23.0 Å². The number of hydrogen-bond acceptors (Lipinski definition) is 5. The molecule has 0 bridgehead atoms. The second-order valence-electron chi connectivity index (χ2n) is 8.71. The van der Waals surface area contributed by atoms with E-state index in [1.54, 1.807) is 44.4 Å². The van der Waals surface area contributed by atoms with Gasteiger partial charge in [0.05, 0.1) is 19.1 Å². The highest BCUT2D eigenvalue weighted by molar-refractivity contribution is 7.92. The quantitative estimate of drug-likeness (QED) is 0.414. The van der Waals surface area contributed by atoms with Gasteiger partial charge in [-0.3, -0.25) is 13.9 Å². The van der Waals surface area contributed by atoms with Gasteiger partial charge in [0.25, 0.3) is 0 Å². The number of carbonyl (C=O) groups is 2. The van der Waals surface area contributed by atoms with Gasteiger partial charge < -0.3 is 15.0 Å². The van der Waals surface area contributed by atoms with Crippen LogP contribution in [0, 0.1) is 6.92 Å². The second-order valence-corrected chi connectivity index (χ2v) is 11.0. The molecule has 2 aromatic rings. The molecule has 2 amide bonds. The predicted molar refractivity (Wildman–Crippen MR) is 144 cm³/mol. The number of ether oxygens (including phenoxy) is 1. The third-order valence-corrected chi connectivity index (χ3v) is 7.24. The summed E-state index contributed by atoms with van der Waals surface area (Å²) in [7, 11) is -2.02. The molecular weight excluding hydrogens is 502 g/mol. The Bertz CT molecular complexity index is 1140. The molecule has 0 aliphatic carbocycles. The molecule has 0 saturated heterocycles. The van der Waals surface area contributed by atoms with E-state index in [4.69, 9.17) is 16.3 Å². The van der Waals surface area contributed by atoms with Crippen LogP contribution in [-0.4, -0.2) is 57.6 Å². The topological polar surface area (TPSA) is 96.0 Å². The largest absolute Gasteiger partial charge is 0.497 e. The first-order valence-corrected chi connectivity index (χ1v) is 14.1. The maximum absolute atomic E-state index is 13.3. The summed E-state index contributed by atoms with van der Waals surface area (Å²) in [4.78, 5) is 27.5. The van der Waals surface area contributed by atoms with Gasteiger partial charge in [0.2, 0.25) is 21.8 Å². The van der Waals surface area contributed by atoms with Crippen LogP contribution in [0.15, 0.2) is 42.5 Å². The number of halogens is 1. The van der Waals surface area contributed by atoms with E-state index in [2.05, 4.69) is 5.32 Å².